The van der Waals surface area contributed by atoms with Gasteiger partial charge in [0.1, 0.15) is 13.2 Å². The average molecular weight is 453 g/mol. The van der Waals surface area contributed by atoms with Gasteiger partial charge in [0.2, 0.25) is 10.0 Å². The summed E-state index contributed by atoms with van der Waals surface area (Å²) in [4.78, 5) is 12.8. The van der Waals surface area contributed by atoms with E-state index in [4.69, 9.17) is 9.47 Å². The average Bonchev–Trinajstić information content (AvgIpc) is 2.83. The van der Waals surface area contributed by atoms with Crippen LogP contribution in [0.2, 0.25) is 0 Å². The Morgan fingerprint density at radius 2 is 1.69 bits per heavy atom. The molecule has 0 aromatic heterocycles. The van der Waals surface area contributed by atoms with Crippen LogP contribution < -0.4 is 19.5 Å². The maximum Gasteiger partial charge on any atom is 0.251 e. The highest BCUT2D eigenvalue weighted by molar-refractivity contribution is 7.89. The van der Waals surface area contributed by atoms with E-state index in [0.717, 1.165) is 11.1 Å². The molecule has 32 heavy (non-hydrogen) atoms. The highest BCUT2D eigenvalue weighted by Gasteiger charge is 2.19. The number of carbonyl (C=O) groups excluding carboxylic acids is 1. The molecule has 166 valence electrons. The quantitative estimate of drug-likeness (QED) is 0.573. The number of carbonyl (C=O) groups is 1. The van der Waals surface area contributed by atoms with Crippen molar-refractivity contribution in [3.05, 3.63) is 89.5 Å². The van der Waals surface area contributed by atoms with Crippen molar-refractivity contribution >= 4 is 15.9 Å². The van der Waals surface area contributed by atoms with E-state index in [9.17, 15) is 13.2 Å². The van der Waals surface area contributed by atoms with E-state index >= 15 is 0 Å². The first-order valence-corrected chi connectivity index (χ1v) is 11.7. The van der Waals surface area contributed by atoms with Crippen molar-refractivity contribution in [1.29, 1.82) is 0 Å². The second-order valence-electron chi connectivity index (χ2n) is 7.44. The van der Waals surface area contributed by atoms with Gasteiger partial charge in [-0.2, -0.15) is 0 Å². The number of amides is 1. The van der Waals surface area contributed by atoms with Crippen LogP contribution in [0.5, 0.6) is 11.5 Å². The van der Waals surface area contributed by atoms with Crippen LogP contribution in [0, 0.1) is 0 Å². The Morgan fingerprint density at radius 1 is 0.938 bits per heavy atom. The van der Waals surface area contributed by atoms with Gasteiger partial charge in [-0.3, -0.25) is 4.79 Å². The Bertz CT molecular complexity index is 1210. The fourth-order valence-corrected chi connectivity index (χ4v) is 4.42. The smallest absolute Gasteiger partial charge is 0.251 e. The molecule has 4 rings (SSSR count). The largest absolute Gasteiger partial charge is 0.486 e. The second-order valence-corrected chi connectivity index (χ2v) is 9.20. The summed E-state index contributed by atoms with van der Waals surface area (Å²) in [6.07, 6.45) is 0. The summed E-state index contributed by atoms with van der Waals surface area (Å²) < 4.78 is 39.1. The Kier molecular flexibility index (Phi) is 6.43. The van der Waals surface area contributed by atoms with E-state index in [1.54, 1.807) is 12.1 Å². The van der Waals surface area contributed by atoms with E-state index < -0.39 is 10.0 Å². The zero-order valence-electron chi connectivity index (χ0n) is 17.6. The Hall–Kier alpha value is -3.36. The minimum Gasteiger partial charge on any atom is -0.486 e. The Labute approximate surface area is 187 Å². The van der Waals surface area contributed by atoms with Gasteiger partial charge in [0.15, 0.2) is 11.5 Å². The number of rotatable bonds is 7. The summed E-state index contributed by atoms with van der Waals surface area (Å²) in [5, 5.41) is 2.91. The summed E-state index contributed by atoms with van der Waals surface area (Å²) in [6, 6.07) is 20.4. The molecule has 3 aromatic carbocycles. The SMILES string of the molecule is C[C@H](NC(=O)c1cccc(S(=O)(=O)NCc2ccccc2)c1)c1ccc2c(c1)OCCO2. The number of hydrogen-bond donors (Lipinski definition) is 2. The monoisotopic (exact) mass is 452 g/mol. The van der Waals surface area contributed by atoms with Gasteiger partial charge in [0, 0.05) is 12.1 Å². The molecule has 0 radical (unpaired) electrons. The van der Waals surface area contributed by atoms with Crippen LogP contribution in [0.15, 0.2) is 77.7 Å². The number of benzene rings is 3. The van der Waals surface area contributed by atoms with Crippen molar-refractivity contribution in [1.82, 2.24) is 10.0 Å². The van der Waals surface area contributed by atoms with Crippen LogP contribution >= 0.6 is 0 Å². The van der Waals surface area contributed by atoms with Gasteiger partial charge in [-0.25, -0.2) is 13.1 Å². The van der Waals surface area contributed by atoms with Crippen molar-refractivity contribution in [2.24, 2.45) is 0 Å². The highest BCUT2D eigenvalue weighted by Crippen LogP contribution is 2.32. The van der Waals surface area contributed by atoms with E-state index in [0.29, 0.717) is 24.7 Å². The lowest BCUT2D eigenvalue weighted by Crippen LogP contribution is -2.28. The minimum atomic E-state index is -3.77. The first kappa shape index (κ1) is 21.9. The first-order chi connectivity index (χ1) is 15.4. The van der Waals surface area contributed by atoms with Crippen LogP contribution in [0.1, 0.15) is 34.5 Å². The lowest BCUT2D eigenvalue weighted by Gasteiger charge is -2.21. The lowest BCUT2D eigenvalue weighted by atomic mass is 10.1. The van der Waals surface area contributed by atoms with Gasteiger partial charge in [-0.05, 0) is 48.4 Å². The highest BCUT2D eigenvalue weighted by atomic mass is 32.2. The fourth-order valence-electron chi connectivity index (χ4n) is 3.35. The van der Waals surface area contributed by atoms with Crippen LogP contribution in [0.3, 0.4) is 0 Å². The molecule has 8 heteroatoms. The van der Waals surface area contributed by atoms with Gasteiger partial charge in [-0.15, -0.1) is 0 Å². The van der Waals surface area contributed by atoms with Crippen molar-refractivity contribution in [3.8, 4) is 11.5 Å². The molecule has 0 aliphatic carbocycles. The van der Waals surface area contributed by atoms with Gasteiger partial charge in [-0.1, -0.05) is 42.5 Å². The third kappa shape index (κ3) is 5.09. The predicted octanol–water partition coefficient (Wildman–Crippen LogP) is 3.43. The van der Waals surface area contributed by atoms with Crippen molar-refractivity contribution < 1.29 is 22.7 Å². The van der Waals surface area contributed by atoms with E-state index in [-0.39, 0.29) is 29.0 Å². The molecule has 0 saturated carbocycles. The summed E-state index contributed by atoms with van der Waals surface area (Å²) in [6.45, 7) is 3.01. The standard InChI is InChI=1S/C24H24N2O5S/c1-17(19-10-11-22-23(15-19)31-13-12-30-22)26-24(27)20-8-5-9-21(14-20)32(28,29)25-16-18-6-3-2-4-7-18/h2-11,14-15,17,25H,12-13,16H2,1H3,(H,26,27)/t17-/m0/s1. The predicted molar refractivity (Wildman–Crippen MR) is 120 cm³/mol. The summed E-state index contributed by atoms with van der Waals surface area (Å²) in [5.74, 6) is 0.958. The molecule has 1 atom stereocenters. The number of ether oxygens (including phenoxy) is 2. The third-order valence-electron chi connectivity index (χ3n) is 5.13. The van der Waals surface area contributed by atoms with Crippen molar-refractivity contribution in [2.75, 3.05) is 13.2 Å². The molecule has 0 saturated heterocycles. The Morgan fingerprint density at radius 3 is 2.47 bits per heavy atom. The molecule has 2 N–H and O–H groups in total. The zero-order chi connectivity index (χ0) is 22.6. The number of nitrogens with one attached hydrogen (secondary N) is 2. The van der Waals surface area contributed by atoms with E-state index in [1.165, 1.54) is 12.1 Å². The van der Waals surface area contributed by atoms with Gasteiger partial charge in [0.05, 0.1) is 10.9 Å². The van der Waals surface area contributed by atoms with Crippen LogP contribution in [-0.4, -0.2) is 27.5 Å². The van der Waals surface area contributed by atoms with Crippen molar-refractivity contribution in [2.45, 2.75) is 24.4 Å². The molecule has 3 aromatic rings. The number of sulfonamides is 1. The summed E-state index contributed by atoms with van der Waals surface area (Å²) >= 11 is 0. The summed E-state index contributed by atoms with van der Waals surface area (Å²) in [5.41, 5.74) is 1.96. The normalized spacial score (nSPS) is 13.9. The first-order valence-electron chi connectivity index (χ1n) is 10.3. The molecule has 1 aliphatic heterocycles. The van der Waals surface area contributed by atoms with E-state index in [1.807, 2.05) is 55.5 Å². The molecular formula is C24H24N2O5S. The molecule has 0 unspecified atom stereocenters. The second kappa shape index (κ2) is 9.42. The zero-order valence-corrected chi connectivity index (χ0v) is 18.4. The molecule has 0 bridgehead atoms. The number of hydrogen-bond acceptors (Lipinski definition) is 5. The fraction of sp³-hybridized carbons (Fsp3) is 0.208. The van der Waals surface area contributed by atoms with Gasteiger partial charge >= 0.3 is 0 Å². The third-order valence-corrected chi connectivity index (χ3v) is 6.53. The molecule has 1 heterocycles. The molecule has 7 nitrogen and oxygen atoms in total. The minimum absolute atomic E-state index is 0.0352. The van der Waals surface area contributed by atoms with Crippen LogP contribution in [0.25, 0.3) is 0 Å². The maximum absolute atomic E-state index is 12.8. The summed E-state index contributed by atoms with van der Waals surface area (Å²) in [7, 11) is -3.77. The van der Waals surface area contributed by atoms with Crippen LogP contribution in [0.4, 0.5) is 0 Å². The Balaban J connectivity index is 1.44. The number of fused-ring (bicyclic) bond motifs is 1. The molecule has 0 spiro atoms. The molecular weight excluding hydrogens is 428 g/mol. The molecule has 1 aliphatic rings. The molecule has 1 amide bonds. The van der Waals surface area contributed by atoms with Crippen LogP contribution in [-0.2, 0) is 16.6 Å². The van der Waals surface area contributed by atoms with Crippen molar-refractivity contribution in [3.63, 3.8) is 0 Å². The van der Waals surface area contributed by atoms with Gasteiger partial charge in [0.25, 0.3) is 5.91 Å². The maximum atomic E-state index is 12.8. The molecule has 0 fully saturated rings. The lowest BCUT2D eigenvalue weighted by molar-refractivity contribution is 0.0939. The van der Waals surface area contributed by atoms with Gasteiger partial charge < -0.3 is 14.8 Å². The van der Waals surface area contributed by atoms with E-state index in [2.05, 4.69) is 10.0 Å². The topological polar surface area (TPSA) is 93.7 Å².